The van der Waals surface area contributed by atoms with E-state index in [1.165, 1.54) is 12.8 Å². The molecule has 2 heterocycles. The summed E-state index contributed by atoms with van der Waals surface area (Å²) in [5.41, 5.74) is 0. The van der Waals surface area contributed by atoms with Crippen molar-refractivity contribution < 1.29 is 4.74 Å². The van der Waals surface area contributed by atoms with Crippen molar-refractivity contribution in [3.63, 3.8) is 0 Å². The average molecular weight is 314 g/mol. The maximum Gasteiger partial charge on any atom is 0.218 e. The Balaban J connectivity index is 2.01. The third-order valence-corrected chi connectivity index (χ3v) is 3.57. The second-order valence-electron chi connectivity index (χ2n) is 4.96. The lowest BCUT2D eigenvalue weighted by molar-refractivity contribution is 0.232. The van der Waals surface area contributed by atoms with Crippen molar-refractivity contribution in [1.82, 2.24) is 9.97 Å². The molecule has 1 aromatic rings. The van der Waals surface area contributed by atoms with Gasteiger partial charge in [0.1, 0.15) is 12.1 Å². The number of nitrogens with zero attached hydrogens (tertiary/aromatic N) is 3. The van der Waals surface area contributed by atoms with Crippen LogP contribution in [-0.2, 0) is 0 Å². The molecule has 0 saturated carbocycles. The van der Waals surface area contributed by atoms with Crippen LogP contribution in [0.2, 0.25) is 0 Å². The molecule has 0 N–H and O–H groups in total. The predicted molar refractivity (Wildman–Crippen MR) is 76.5 cm³/mol. The smallest absolute Gasteiger partial charge is 0.218 e. The van der Waals surface area contributed by atoms with E-state index in [0.717, 1.165) is 30.2 Å². The summed E-state index contributed by atoms with van der Waals surface area (Å²) in [6.45, 7) is 6.17. The lowest BCUT2D eigenvalue weighted by Crippen LogP contribution is -2.21. The number of rotatable bonds is 5. The molecule has 0 spiro atoms. The summed E-state index contributed by atoms with van der Waals surface area (Å²) in [6, 6.07) is 1.94. The molecule has 1 fully saturated rings. The highest BCUT2D eigenvalue weighted by Crippen LogP contribution is 2.26. The van der Waals surface area contributed by atoms with Gasteiger partial charge in [-0.3, -0.25) is 0 Å². The molecule has 5 heteroatoms. The highest BCUT2D eigenvalue weighted by molar-refractivity contribution is 9.09. The van der Waals surface area contributed by atoms with E-state index in [2.05, 4.69) is 30.8 Å². The third kappa shape index (κ3) is 3.57. The highest BCUT2D eigenvalue weighted by atomic mass is 79.9. The first-order valence-corrected chi connectivity index (χ1v) is 7.61. The number of anilines is 1. The standard InChI is InChI=1S/C13H20BrN3O/c1-10(2)18-13-7-12(15-9-16-13)17-6-4-11(8-17)3-5-14/h7,9-11H,3-6,8H2,1-2H3. The van der Waals surface area contributed by atoms with E-state index in [1.807, 2.05) is 19.9 Å². The monoisotopic (exact) mass is 313 g/mol. The summed E-state index contributed by atoms with van der Waals surface area (Å²) in [6.07, 6.45) is 4.21. The van der Waals surface area contributed by atoms with Gasteiger partial charge in [0.2, 0.25) is 5.88 Å². The molecule has 1 aliphatic rings. The van der Waals surface area contributed by atoms with Crippen LogP contribution in [0.25, 0.3) is 0 Å². The van der Waals surface area contributed by atoms with Gasteiger partial charge >= 0.3 is 0 Å². The highest BCUT2D eigenvalue weighted by Gasteiger charge is 2.23. The number of ether oxygens (including phenoxy) is 1. The summed E-state index contributed by atoms with van der Waals surface area (Å²) in [5.74, 6) is 2.42. The van der Waals surface area contributed by atoms with Crippen molar-refractivity contribution in [2.24, 2.45) is 5.92 Å². The van der Waals surface area contributed by atoms with Crippen LogP contribution in [-0.4, -0.2) is 34.5 Å². The normalized spacial score (nSPS) is 19.6. The van der Waals surface area contributed by atoms with Gasteiger partial charge in [0.05, 0.1) is 6.10 Å². The summed E-state index contributed by atoms with van der Waals surface area (Å²) in [7, 11) is 0. The second-order valence-corrected chi connectivity index (χ2v) is 5.75. The fourth-order valence-electron chi connectivity index (χ4n) is 2.24. The van der Waals surface area contributed by atoms with E-state index >= 15 is 0 Å². The molecule has 1 aliphatic heterocycles. The zero-order valence-corrected chi connectivity index (χ0v) is 12.6. The average Bonchev–Trinajstić information content (AvgIpc) is 2.78. The van der Waals surface area contributed by atoms with Gasteiger partial charge in [0, 0.05) is 24.5 Å². The fraction of sp³-hybridized carbons (Fsp3) is 0.692. The van der Waals surface area contributed by atoms with Crippen LogP contribution in [0.3, 0.4) is 0 Å². The molecule has 0 aliphatic carbocycles. The van der Waals surface area contributed by atoms with Crippen LogP contribution in [0.1, 0.15) is 26.7 Å². The molecular formula is C13H20BrN3O. The Labute approximate surface area is 117 Å². The minimum absolute atomic E-state index is 0.146. The second kappa shape index (κ2) is 6.36. The van der Waals surface area contributed by atoms with Crippen molar-refractivity contribution in [2.75, 3.05) is 23.3 Å². The van der Waals surface area contributed by atoms with E-state index in [1.54, 1.807) is 6.33 Å². The van der Waals surface area contributed by atoms with E-state index in [-0.39, 0.29) is 6.10 Å². The Kier molecular flexibility index (Phi) is 4.80. The van der Waals surface area contributed by atoms with Gasteiger partial charge < -0.3 is 9.64 Å². The van der Waals surface area contributed by atoms with Crippen LogP contribution in [0.4, 0.5) is 5.82 Å². The molecule has 1 saturated heterocycles. The number of aromatic nitrogens is 2. The van der Waals surface area contributed by atoms with Crippen molar-refractivity contribution >= 4 is 21.7 Å². The number of alkyl halides is 1. The van der Waals surface area contributed by atoms with Gasteiger partial charge in [-0.15, -0.1) is 0 Å². The predicted octanol–water partition coefficient (Wildman–Crippen LogP) is 2.88. The molecule has 1 aromatic heterocycles. The molecule has 0 aromatic carbocycles. The van der Waals surface area contributed by atoms with Crippen LogP contribution in [0, 0.1) is 5.92 Å². The molecule has 100 valence electrons. The minimum Gasteiger partial charge on any atom is -0.475 e. The zero-order valence-electron chi connectivity index (χ0n) is 11.0. The maximum atomic E-state index is 5.60. The van der Waals surface area contributed by atoms with Gasteiger partial charge in [-0.2, -0.15) is 0 Å². The van der Waals surface area contributed by atoms with Crippen LogP contribution < -0.4 is 9.64 Å². The van der Waals surface area contributed by atoms with Crippen molar-refractivity contribution in [3.8, 4) is 5.88 Å². The topological polar surface area (TPSA) is 38.2 Å². The first-order chi connectivity index (χ1) is 8.69. The fourth-order valence-corrected chi connectivity index (χ4v) is 2.89. The quantitative estimate of drug-likeness (QED) is 0.783. The summed E-state index contributed by atoms with van der Waals surface area (Å²) < 4.78 is 5.60. The molecule has 0 radical (unpaired) electrons. The van der Waals surface area contributed by atoms with Crippen LogP contribution >= 0.6 is 15.9 Å². The zero-order chi connectivity index (χ0) is 13.0. The molecule has 4 nitrogen and oxygen atoms in total. The van der Waals surface area contributed by atoms with Gasteiger partial charge in [-0.25, -0.2) is 9.97 Å². The first-order valence-electron chi connectivity index (χ1n) is 6.48. The number of halogens is 1. The van der Waals surface area contributed by atoms with Crippen LogP contribution in [0.15, 0.2) is 12.4 Å². The van der Waals surface area contributed by atoms with E-state index in [9.17, 15) is 0 Å². The van der Waals surface area contributed by atoms with Crippen molar-refractivity contribution in [3.05, 3.63) is 12.4 Å². The molecule has 0 amide bonds. The van der Waals surface area contributed by atoms with Gasteiger partial charge in [-0.1, -0.05) is 15.9 Å². The Hall–Kier alpha value is -0.840. The summed E-state index contributed by atoms with van der Waals surface area (Å²) in [5, 5.41) is 1.08. The van der Waals surface area contributed by atoms with E-state index < -0.39 is 0 Å². The van der Waals surface area contributed by atoms with Gasteiger partial charge in [0.15, 0.2) is 0 Å². The van der Waals surface area contributed by atoms with Crippen molar-refractivity contribution in [2.45, 2.75) is 32.8 Å². The van der Waals surface area contributed by atoms with Crippen molar-refractivity contribution in [1.29, 1.82) is 0 Å². The maximum absolute atomic E-state index is 5.60. The third-order valence-electron chi connectivity index (χ3n) is 3.11. The van der Waals surface area contributed by atoms with Gasteiger partial charge in [0.25, 0.3) is 0 Å². The summed E-state index contributed by atoms with van der Waals surface area (Å²) in [4.78, 5) is 10.8. The van der Waals surface area contributed by atoms with Crippen LogP contribution in [0.5, 0.6) is 5.88 Å². The lowest BCUT2D eigenvalue weighted by Gasteiger charge is -2.18. The van der Waals surface area contributed by atoms with E-state index in [4.69, 9.17) is 4.74 Å². The SMILES string of the molecule is CC(C)Oc1cc(N2CCC(CCBr)C2)ncn1. The molecule has 2 rings (SSSR count). The lowest BCUT2D eigenvalue weighted by atomic mass is 10.1. The minimum atomic E-state index is 0.146. The molecule has 1 unspecified atom stereocenters. The summed E-state index contributed by atoms with van der Waals surface area (Å²) >= 11 is 3.51. The number of hydrogen-bond acceptors (Lipinski definition) is 4. The molecule has 1 atom stereocenters. The number of hydrogen-bond donors (Lipinski definition) is 0. The van der Waals surface area contributed by atoms with Gasteiger partial charge in [-0.05, 0) is 32.6 Å². The Morgan fingerprint density at radius 1 is 1.50 bits per heavy atom. The molecule has 0 bridgehead atoms. The molecular weight excluding hydrogens is 294 g/mol. The Morgan fingerprint density at radius 2 is 2.33 bits per heavy atom. The Morgan fingerprint density at radius 3 is 3.06 bits per heavy atom. The first kappa shape index (κ1) is 13.6. The molecule has 18 heavy (non-hydrogen) atoms. The van der Waals surface area contributed by atoms with E-state index in [0.29, 0.717) is 5.88 Å². The Bertz CT molecular complexity index is 386. The largest absolute Gasteiger partial charge is 0.475 e.